The van der Waals surface area contributed by atoms with Crippen LogP contribution in [0.1, 0.15) is 24.0 Å². The zero-order chi connectivity index (χ0) is 19.9. The Balaban J connectivity index is 1.58. The number of rotatable bonds is 4. The number of carbonyl (C=O) groups excluding carboxylic acids is 1. The van der Waals surface area contributed by atoms with E-state index >= 15 is 0 Å². The number of hydrogen-bond acceptors (Lipinski definition) is 2. The van der Waals surface area contributed by atoms with Crippen LogP contribution < -0.4 is 5.32 Å². The first-order valence-electron chi connectivity index (χ1n) is 8.59. The van der Waals surface area contributed by atoms with Crippen LogP contribution >= 0.6 is 0 Å². The molecule has 1 aromatic heterocycles. The van der Waals surface area contributed by atoms with Crippen molar-refractivity contribution in [1.82, 2.24) is 9.78 Å². The Hall–Kier alpha value is -3.16. The highest BCUT2D eigenvalue weighted by atomic mass is 19.4. The fourth-order valence-electron chi connectivity index (χ4n) is 3.15. The van der Waals surface area contributed by atoms with Crippen molar-refractivity contribution in [2.24, 2.45) is 0 Å². The minimum absolute atomic E-state index is 0.0276. The molecule has 0 atom stereocenters. The molecule has 4 nitrogen and oxygen atoms in total. The molecule has 28 heavy (non-hydrogen) atoms. The molecule has 1 aliphatic rings. The molecule has 1 heterocycles. The van der Waals surface area contributed by atoms with E-state index < -0.39 is 28.9 Å². The summed E-state index contributed by atoms with van der Waals surface area (Å²) < 4.78 is 54.3. The summed E-state index contributed by atoms with van der Waals surface area (Å²) in [7, 11) is 0. The van der Waals surface area contributed by atoms with Crippen molar-refractivity contribution < 1.29 is 22.4 Å². The monoisotopic (exact) mass is 389 g/mol. The van der Waals surface area contributed by atoms with Gasteiger partial charge in [-0.1, -0.05) is 18.2 Å². The number of aromatic nitrogens is 2. The summed E-state index contributed by atoms with van der Waals surface area (Å²) in [6, 6.07) is 13.1. The standard InChI is InChI=1S/C20H15F4N3O/c21-15-11-13(10-14(12-15)20(22,23)24)19(7-8-19)18(28)25-17-6-9-27(26-17)16-4-2-1-3-5-16/h1-6,9-12H,7-8H2,(H,25,26,28). The van der Waals surface area contributed by atoms with E-state index in [9.17, 15) is 22.4 Å². The van der Waals surface area contributed by atoms with Gasteiger partial charge in [-0.25, -0.2) is 9.07 Å². The molecule has 0 spiro atoms. The lowest BCUT2D eigenvalue weighted by molar-refractivity contribution is -0.138. The Morgan fingerprint density at radius 1 is 1.07 bits per heavy atom. The Morgan fingerprint density at radius 2 is 1.79 bits per heavy atom. The van der Waals surface area contributed by atoms with Crippen molar-refractivity contribution in [2.75, 3.05) is 5.32 Å². The average molecular weight is 389 g/mol. The summed E-state index contributed by atoms with van der Waals surface area (Å²) in [5.74, 6) is -1.24. The van der Waals surface area contributed by atoms with Crippen molar-refractivity contribution >= 4 is 11.7 Å². The highest BCUT2D eigenvalue weighted by Gasteiger charge is 2.52. The number of halogens is 4. The van der Waals surface area contributed by atoms with Gasteiger partial charge in [-0.3, -0.25) is 4.79 Å². The summed E-state index contributed by atoms with van der Waals surface area (Å²) in [6.45, 7) is 0. The second kappa shape index (κ2) is 6.47. The third-order valence-corrected chi connectivity index (χ3v) is 4.81. The van der Waals surface area contributed by atoms with Crippen molar-refractivity contribution in [3.8, 4) is 5.69 Å². The van der Waals surface area contributed by atoms with Crippen LogP contribution in [0.5, 0.6) is 0 Å². The van der Waals surface area contributed by atoms with Gasteiger partial charge in [-0.05, 0) is 48.7 Å². The number of nitrogens with one attached hydrogen (secondary N) is 1. The molecule has 1 aliphatic carbocycles. The molecule has 1 N–H and O–H groups in total. The molecule has 0 aliphatic heterocycles. The lowest BCUT2D eigenvalue weighted by Gasteiger charge is -2.17. The van der Waals surface area contributed by atoms with Gasteiger partial charge < -0.3 is 5.32 Å². The van der Waals surface area contributed by atoms with Gasteiger partial charge >= 0.3 is 6.18 Å². The Bertz CT molecular complexity index is 1020. The van der Waals surface area contributed by atoms with E-state index in [1.807, 2.05) is 30.3 Å². The van der Waals surface area contributed by atoms with Gasteiger partial charge in [0.25, 0.3) is 0 Å². The van der Waals surface area contributed by atoms with E-state index in [0.717, 1.165) is 17.8 Å². The average Bonchev–Trinajstić information content (AvgIpc) is 3.35. The second-order valence-corrected chi connectivity index (χ2v) is 6.74. The van der Waals surface area contributed by atoms with Crippen molar-refractivity contribution in [1.29, 1.82) is 0 Å². The number of hydrogen-bond donors (Lipinski definition) is 1. The predicted molar refractivity (Wildman–Crippen MR) is 94.5 cm³/mol. The van der Waals surface area contributed by atoms with Crippen LogP contribution in [-0.2, 0) is 16.4 Å². The fourth-order valence-corrected chi connectivity index (χ4v) is 3.15. The molecular weight excluding hydrogens is 374 g/mol. The molecule has 0 unspecified atom stereocenters. The number of benzene rings is 2. The van der Waals surface area contributed by atoms with E-state index in [4.69, 9.17) is 0 Å². The molecule has 0 saturated heterocycles. The normalized spacial score (nSPS) is 15.3. The molecule has 1 amide bonds. The van der Waals surface area contributed by atoms with Gasteiger partial charge in [0.2, 0.25) is 5.91 Å². The number of carbonyl (C=O) groups is 1. The first-order valence-corrected chi connectivity index (χ1v) is 8.59. The van der Waals surface area contributed by atoms with Crippen LogP contribution in [0, 0.1) is 5.82 Å². The van der Waals surface area contributed by atoms with Crippen LogP contribution in [0.2, 0.25) is 0 Å². The quantitative estimate of drug-likeness (QED) is 0.658. The maximum Gasteiger partial charge on any atom is 0.416 e. The van der Waals surface area contributed by atoms with Gasteiger partial charge in [0, 0.05) is 12.3 Å². The largest absolute Gasteiger partial charge is 0.416 e. The SMILES string of the molecule is O=C(Nc1ccn(-c2ccccc2)n1)C1(c2cc(F)cc(C(F)(F)F)c2)CC1. The van der Waals surface area contributed by atoms with E-state index in [1.165, 1.54) is 0 Å². The molecule has 1 fully saturated rings. The first kappa shape index (κ1) is 18.2. The number of amides is 1. The maximum absolute atomic E-state index is 13.8. The number of para-hydroxylation sites is 1. The number of anilines is 1. The smallest absolute Gasteiger partial charge is 0.308 e. The molecule has 3 aromatic rings. The Kier molecular flexibility index (Phi) is 4.21. The topological polar surface area (TPSA) is 46.9 Å². The van der Waals surface area contributed by atoms with Gasteiger partial charge in [-0.15, -0.1) is 0 Å². The van der Waals surface area contributed by atoms with Gasteiger partial charge in [0.15, 0.2) is 5.82 Å². The van der Waals surface area contributed by atoms with Crippen LogP contribution in [0.15, 0.2) is 60.8 Å². The van der Waals surface area contributed by atoms with Crippen LogP contribution in [-0.4, -0.2) is 15.7 Å². The Labute approximate surface area is 157 Å². The van der Waals surface area contributed by atoms with E-state index in [2.05, 4.69) is 10.4 Å². The third kappa shape index (κ3) is 3.37. The highest BCUT2D eigenvalue weighted by molar-refractivity contribution is 6.00. The molecule has 0 radical (unpaired) electrons. The van der Waals surface area contributed by atoms with E-state index in [1.54, 1.807) is 16.9 Å². The summed E-state index contributed by atoms with van der Waals surface area (Å²) in [4.78, 5) is 12.8. The van der Waals surface area contributed by atoms with E-state index in [-0.39, 0.29) is 11.4 Å². The minimum Gasteiger partial charge on any atom is -0.308 e. The lowest BCUT2D eigenvalue weighted by atomic mass is 9.93. The van der Waals surface area contributed by atoms with Crippen molar-refractivity contribution in [3.05, 3.63) is 77.7 Å². The maximum atomic E-state index is 13.8. The zero-order valence-electron chi connectivity index (χ0n) is 14.5. The first-order chi connectivity index (χ1) is 13.3. The number of alkyl halides is 3. The second-order valence-electron chi connectivity index (χ2n) is 6.74. The van der Waals surface area contributed by atoms with Gasteiger partial charge in [-0.2, -0.15) is 18.3 Å². The summed E-state index contributed by atoms with van der Waals surface area (Å²) in [5, 5.41) is 6.90. The zero-order valence-corrected chi connectivity index (χ0v) is 14.5. The third-order valence-electron chi connectivity index (χ3n) is 4.81. The van der Waals surface area contributed by atoms with Crippen LogP contribution in [0.3, 0.4) is 0 Å². The highest BCUT2D eigenvalue weighted by Crippen LogP contribution is 2.50. The molecule has 144 valence electrons. The fraction of sp³-hybridized carbons (Fsp3) is 0.200. The minimum atomic E-state index is -4.68. The summed E-state index contributed by atoms with van der Waals surface area (Å²) >= 11 is 0. The summed E-state index contributed by atoms with van der Waals surface area (Å²) in [6.07, 6.45) is -2.33. The molecule has 4 rings (SSSR count). The molecule has 2 aromatic carbocycles. The molecule has 0 bridgehead atoms. The molecule has 1 saturated carbocycles. The van der Waals surface area contributed by atoms with Crippen molar-refractivity contribution in [3.63, 3.8) is 0 Å². The van der Waals surface area contributed by atoms with Crippen LogP contribution in [0.25, 0.3) is 5.69 Å². The van der Waals surface area contributed by atoms with Crippen LogP contribution in [0.4, 0.5) is 23.4 Å². The van der Waals surface area contributed by atoms with Gasteiger partial charge in [0.1, 0.15) is 5.82 Å². The molecular formula is C20H15F4N3O. The molecule has 8 heteroatoms. The van der Waals surface area contributed by atoms with Crippen molar-refractivity contribution in [2.45, 2.75) is 24.4 Å². The predicted octanol–water partition coefficient (Wildman–Crippen LogP) is 4.70. The lowest BCUT2D eigenvalue weighted by Crippen LogP contribution is -2.28. The van der Waals surface area contributed by atoms with E-state index in [0.29, 0.717) is 18.9 Å². The summed E-state index contributed by atoms with van der Waals surface area (Å²) in [5.41, 5.74) is -1.45. The Morgan fingerprint density at radius 3 is 2.43 bits per heavy atom. The van der Waals surface area contributed by atoms with Gasteiger partial charge in [0.05, 0.1) is 16.7 Å². The number of nitrogens with zero attached hydrogens (tertiary/aromatic N) is 2.